The molecule has 0 spiro atoms. The Morgan fingerprint density at radius 2 is 2.13 bits per heavy atom. The van der Waals surface area contributed by atoms with Crippen LogP contribution >= 0.6 is 12.2 Å². The van der Waals surface area contributed by atoms with E-state index < -0.39 is 6.29 Å². The molecular weight excluding hydrogens is 316 g/mol. The van der Waals surface area contributed by atoms with Crippen molar-refractivity contribution in [3.05, 3.63) is 34.1 Å². The van der Waals surface area contributed by atoms with Gasteiger partial charge in [-0.2, -0.15) is 4.68 Å². The van der Waals surface area contributed by atoms with Crippen molar-refractivity contribution in [1.29, 1.82) is 0 Å². The average Bonchev–Trinajstić information content (AvgIpc) is 3.12. The van der Waals surface area contributed by atoms with E-state index in [0.717, 1.165) is 16.8 Å². The van der Waals surface area contributed by atoms with Crippen molar-refractivity contribution in [2.45, 2.75) is 38.7 Å². The van der Waals surface area contributed by atoms with Gasteiger partial charge in [0.1, 0.15) is 6.10 Å². The number of ketones is 1. The van der Waals surface area contributed by atoms with Crippen LogP contribution in [0.2, 0.25) is 0 Å². The molecule has 2 fully saturated rings. The zero-order valence-corrected chi connectivity index (χ0v) is 13.6. The topological polar surface area (TPSA) is 71.2 Å². The molecule has 0 saturated carbocycles. The average molecular weight is 332 g/mol. The van der Waals surface area contributed by atoms with Gasteiger partial charge in [-0.05, 0) is 53.7 Å². The van der Waals surface area contributed by atoms with Gasteiger partial charge in [0.15, 0.2) is 5.78 Å². The molecule has 2 aliphatic rings. The minimum atomic E-state index is -0.723. The van der Waals surface area contributed by atoms with Gasteiger partial charge < -0.3 is 9.47 Å². The van der Waals surface area contributed by atoms with E-state index in [0.29, 0.717) is 17.8 Å². The third-order valence-electron chi connectivity index (χ3n) is 4.53. The molecule has 2 aliphatic heterocycles. The minimum absolute atomic E-state index is 0.0769. The lowest BCUT2D eigenvalue weighted by Crippen LogP contribution is -2.37. The number of tetrazole rings is 1. The van der Waals surface area contributed by atoms with Gasteiger partial charge in [-0.15, -0.1) is 0 Å². The zero-order chi connectivity index (χ0) is 16.1. The molecule has 7 nitrogen and oxygen atoms in total. The third-order valence-corrected chi connectivity index (χ3v) is 4.89. The summed E-state index contributed by atoms with van der Waals surface area (Å²) in [4.78, 5) is 12.0. The predicted molar refractivity (Wildman–Crippen MR) is 82.9 cm³/mol. The highest BCUT2D eigenvalue weighted by atomic mass is 32.1. The second-order valence-corrected chi connectivity index (χ2v) is 6.28. The number of nitrogens with zero attached hydrogens (tertiary/aromatic N) is 4. The van der Waals surface area contributed by atoms with Crippen molar-refractivity contribution >= 4 is 18.0 Å². The molecule has 0 aliphatic carbocycles. The van der Waals surface area contributed by atoms with E-state index in [1.165, 1.54) is 0 Å². The number of hydrogen-bond donors (Lipinski definition) is 0. The third kappa shape index (κ3) is 2.25. The highest BCUT2D eigenvalue weighted by molar-refractivity contribution is 7.71. The van der Waals surface area contributed by atoms with Crippen molar-refractivity contribution in [3.8, 4) is 5.69 Å². The molecule has 0 unspecified atom stereocenters. The van der Waals surface area contributed by atoms with Gasteiger partial charge in [-0.1, -0.05) is 12.1 Å². The molecule has 2 bridgehead atoms. The Bertz CT molecular complexity index is 843. The fourth-order valence-electron chi connectivity index (χ4n) is 3.05. The maximum absolute atomic E-state index is 12.0. The fraction of sp³-hybridized carbons (Fsp3) is 0.467. The van der Waals surface area contributed by atoms with Crippen LogP contribution < -0.4 is 0 Å². The summed E-state index contributed by atoms with van der Waals surface area (Å²) in [6.07, 6.45) is -0.637. The van der Waals surface area contributed by atoms with Crippen LogP contribution in [0, 0.1) is 18.6 Å². The summed E-state index contributed by atoms with van der Waals surface area (Å²) >= 11 is 5.54. The number of aryl methyl sites for hydroxylation is 1. The van der Waals surface area contributed by atoms with Crippen molar-refractivity contribution in [2.75, 3.05) is 6.61 Å². The number of hydrogen-bond acceptors (Lipinski definition) is 6. The second kappa shape index (κ2) is 5.33. The lowest BCUT2D eigenvalue weighted by atomic mass is 10.0. The van der Waals surface area contributed by atoms with Crippen LogP contribution in [0.4, 0.5) is 0 Å². The van der Waals surface area contributed by atoms with E-state index in [2.05, 4.69) is 10.4 Å². The summed E-state index contributed by atoms with van der Waals surface area (Å²) < 4.78 is 14.6. The summed E-state index contributed by atoms with van der Waals surface area (Å²) in [6.45, 7) is 4.43. The van der Waals surface area contributed by atoms with Crippen LogP contribution in [-0.2, 0) is 14.3 Å². The molecule has 0 radical (unpaired) electrons. The first kappa shape index (κ1) is 14.7. The van der Waals surface area contributed by atoms with Gasteiger partial charge in [0.2, 0.25) is 11.1 Å². The molecule has 3 heterocycles. The number of Topliss-reactive ketones (excluding diaryl/α,β-unsaturated/α-hetero) is 1. The summed E-state index contributed by atoms with van der Waals surface area (Å²) in [5, 5.41) is 8.36. The maximum atomic E-state index is 12.0. The maximum Gasteiger partial charge on any atom is 0.221 e. The van der Waals surface area contributed by atoms with Crippen LogP contribution in [0.5, 0.6) is 0 Å². The predicted octanol–water partition coefficient (Wildman–Crippen LogP) is 1.67. The Labute approximate surface area is 137 Å². The molecule has 1 aromatic carbocycles. The molecule has 0 N–H and O–H groups in total. The van der Waals surface area contributed by atoms with E-state index in [1.807, 2.05) is 32.0 Å². The first-order valence-corrected chi connectivity index (χ1v) is 7.88. The van der Waals surface area contributed by atoms with E-state index in [4.69, 9.17) is 21.7 Å². The summed E-state index contributed by atoms with van der Waals surface area (Å²) in [6, 6.07) is 5.68. The quantitative estimate of drug-likeness (QED) is 0.779. The Balaban J connectivity index is 1.76. The standard InChI is InChI=1S/C15H16N4O3S/c1-8-4-3-5-10(9(8)2)18-15(23)19(17-16-18)11-6-12(20)14-21-7-13(11)22-14/h3-5,11,13-14H,6-7H2,1-2H3/t11-,13+,14+/m0/s1. The summed E-state index contributed by atoms with van der Waals surface area (Å²) in [5.41, 5.74) is 3.14. The molecule has 3 atom stereocenters. The number of ether oxygens (including phenoxy) is 2. The lowest BCUT2D eigenvalue weighted by molar-refractivity contribution is -0.156. The summed E-state index contributed by atoms with van der Waals surface area (Å²) in [5.74, 6) is -0.0769. The van der Waals surface area contributed by atoms with E-state index >= 15 is 0 Å². The van der Waals surface area contributed by atoms with Gasteiger partial charge in [-0.3, -0.25) is 4.79 Å². The van der Waals surface area contributed by atoms with E-state index in [1.54, 1.807) is 9.36 Å². The monoisotopic (exact) mass is 332 g/mol. The Kier molecular flexibility index (Phi) is 3.40. The van der Waals surface area contributed by atoms with Crippen LogP contribution in [0.25, 0.3) is 5.69 Å². The van der Waals surface area contributed by atoms with Crippen LogP contribution in [0.3, 0.4) is 0 Å². The first-order chi connectivity index (χ1) is 11.1. The molecule has 23 heavy (non-hydrogen) atoms. The molecule has 8 heteroatoms. The molecule has 120 valence electrons. The first-order valence-electron chi connectivity index (χ1n) is 7.47. The van der Waals surface area contributed by atoms with Crippen molar-refractivity contribution in [2.24, 2.45) is 0 Å². The van der Waals surface area contributed by atoms with Gasteiger partial charge in [-0.25, -0.2) is 4.68 Å². The lowest BCUT2D eigenvalue weighted by Gasteiger charge is -2.25. The highest BCUT2D eigenvalue weighted by Gasteiger charge is 2.45. The Morgan fingerprint density at radius 1 is 1.30 bits per heavy atom. The van der Waals surface area contributed by atoms with Crippen LogP contribution in [0.15, 0.2) is 18.2 Å². The molecule has 2 aromatic rings. The number of aromatic nitrogens is 4. The minimum Gasteiger partial charge on any atom is -0.343 e. The van der Waals surface area contributed by atoms with Gasteiger partial charge in [0.05, 0.1) is 18.3 Å². The second-order valence-electron chi connectivity index (χ2n) is 5.91. The number of carbonyl (C=O) groups excluding carboxylic acids is 1. The normalized spacial score (nSPS) is 26.7. The Hall–Kier alpha value is -1.90. The SMILES string of the molecule is Cc1cccc(-n2nnn([C@H]3CC(=O)[C@@H]4OC[C@H]3O4)c2=S)c1C. The molecule has 1 aromatic heterocycles. The van der Waals surface area contributed by atoms with Crippen LogP contribution in [-0.4, -0.2) is 44.6 Å². The van der Waals surface area contributed by atoms with Crippen molar-refractivity contribution in [3.63, 3.8) is 0 Å². The smallest absolute Gasteiger partial charge is 0.221 e. The molecular formula is C15H16N4O3S. The van der Waals surface area contributed by atoms with Crippen molar-refractivity contribution < 1.29 is 14.3 Å². The van der Waals surface area contributed by atoms with E-state index in [-0.39, 0.29) is 17.9 Å². The summed E-state index contributed by atoms with van der Waals surface area (Å²) in [7, 11) is 0. The van der Waals surface area contributed by atoms with E-state index in [9.17, 15) is 4.79 Å². The molecule has 0 amide bonds. The zero-order valence-electron chi connectivity index (χ0n) is 12.8. The largest absolute Gasteiger partial charge is 0.343 e. The van der Waals surface area contributed by atoms with Gasteiger partial charge in [0.25, 0.3) is 0 Å². The molecule has 4 rings (SSSR count). The number of benzene rings is 1. The number of carbonyl (C=O) groups is 1. The van der Waals surface area contributed by atoms with Gasteiger partial charge >= 0.3 is 0 Å². The Morgan fingerprint density at radius 3 is 2.96 bits per heavy atom. The van der Waals surface area contributed by atoms with Crippen molar-refractivity contribution in [1.82, 2.24) is 19.8 Å². The highest BCUT2D eigenvalue weighted by Crippen LogP contribution is 2.32. The van der Waals surface area contributed by atoms with Gasteiger partial charge in [0, 0.05) is 6.42 Å². The number of rotatable bonds is 2. The molecule has 2 saturated heterocycles. The number of fused-ring (bicyclic) bond motifs is 2. The fourth-order valence-corrected chi connectivity index (χ4v) is 3.36. The van der Waals surface area contributed by atoms with Crippen LogP contribution in [0.1, 0.15) is 23.6 Å².